The van der Waals surface area contributed by atoms with Gasteiger partial charge >= 0.3 is 0 Å². The Labute approximate surface area is 112 Å². The van der Waals surface area contributed by atoms with Crippen molar-refractivity contribution in [3.05, 3.63) is 28.2 Å². The van der Waals surface area contributed by atoms with Crippen LogP contribution in [0.5, 0.6) is 5.75 Å². The molecule has 0 aromatic heterocycles. The van der Waals surface area contributed by atoms with Gasteiger partial charge in [0.2, 0.25) is 0 Å². The Morgan fingerprint density at radius 1 is 1.41 bits per heavy atom. The number of ether oxygens (including phenoxy) is 1. The number of nitrogens with one attached hydrogen (secondary N) is 1. The quantitative estimate of drug-likeness (QED) is 0.808. The molecule has 94 valence electrons. The molecule has 2 nitrogen and oxygen atoms in total. The lowest BCUT2D eigenvalue weighted by molar-refractivity contribution is 0.292. The lowest BCUT2D eigenvalue weighted by atomic mass is 9.83. The first-order valence-electron chi connectivity index (χ1n) is 6.32. The average molecular weight is 298 g/mol. The molecular formula is C14H20BrNO. The summed E-state index contributed by atoms with van der Waals surface area (Å²) >= 11 is 3.57. The molecule has 1 aliphatic rings. The van der Waals surface area contributed by atoms with Crippen LogP contribution in [0.1, 0.15) is 31.2 Å². The third-order valence-corrected chi connectivity index (χ3v) is 4.30. The fourth-order valence-corrected chi connectivity index (χ4v) is 2.51. The average Bonchev–Trinajstić information content (AvgIpc) is 2.28. The largest absolute Gasteiger partial charge is 0.497 e. The van der Waals surface area contributed by atoms with E-state index in [0.29, 0.717) is 0 Å². The van der Waals surface area contributed by atoms with Crippen LogP contribution in [0.15, 0.2) is 22.7 Å². The summed E-state index contributed by atoms with van der Waals surface area (Å²) < 4.78 is 6.38. The van der Waals surface area contributed by atoms with Crippen LogP contribution in [-0.4, -0.2) is 13.7 Å². The van der Waals surface area contributed by atoms with Crippen LogP contribution in [0.2, 0.25) is 0 Å². The third kappa shape index (κ3) is 3.71. The van der Waals surface area contributed by atoms with Crippen molar-refractivity contribution in [2.24, 2.45) is 5.92 Å². The molecule has 2 rings (SSSR count). The normalized spacial score (nSPS) is 15.6. The van der Waals surface area contributed by atoms with Crippen LogP contribution in [0, 0.1) is 5.92 Å². The lowest BCUT2D eigenvalue weighted by Crippen LogP contribution is -2.21. The lowest BCUT2D eigenvalue weighted by Gasteiger charge is -2.25. The smallest absolute Gasteiger partial charge is 0.119 e. The fourth-order valence-electron chi connectivity index (χ4n) is 2.12. The number of halogens is 1. The van der Waals surface area contributed by atoms with Gasteiger partial charge in [-0.2, -0.15) is 0 Å². The van der Waals surface area contributed by atoms with Gasteiger partial charge in [0.25, 0.3) is 0 Å². The highest BCUT2D eigenvalue weighted by molar-refractivity contribution is 9.10. The molecule has 1 aromatic carbocycles. The van der Waals surface area contributed by atoms with E-state index in [1.165, 1.54) is 31.2 Å². The molecule has 1 N–H and O–H groups in total. The van der Waals surface area contributed by atoms with Crippen LogP contribution in [0.25, 0.3) is 0 Å². The number of rotatable bonds is 6. The summed E-state index contributed by atoms with van der Waals surface area (Å²) in [4.78, 5) is 0. The molecule has 1 fully saturated rings. The van der Waals surface area contributed by atoms with Crippen LogP contribution in [-0.2, 0) is 6.54 Å². The summed E-state index contributed by atoms with van der Waals surface area (Å²) in [6.45, 7) is 2.03. The predicted octanol–water partition coefficient (Wildman–Crippen LogP) is 3.74. The minimum Gasteiger partial charge on any atom is -0.497 e. The van der Waals surface area contributed by atoms with Gasteiger partial charge in [0.1, 0.15) is 5.75 Å². The van der Waals surface area contributed by atoms with Gasteiger partial charge in [0.15, 0.2) is 0 Å². The van der Waals surface area contributed by atoms with Crippen LogP contribution in [0.3, 0.4) is 0 Å². The van der Waals surface area contributed by atoms with Crippen molar-refractivity contribution in [1.82, 2.24) is 5.32 Å². The molecule has 1 aromatic rings. The van der Waals surface area contributed by atoms with Gasteiger partial charge in [-0.15, -0.1) is 0 Å². The molecule has 0 atom stereocenters. The van der Waals surface area contributed by atoms with Crippen LogP contribution in [0.4, 0.5) is 0 Å². The Kier molecular flexibility index (Phi) is 4.86. The van der Waals surface area contributed by atoms with Crippen molar-refractivity contribution in [1.29, 1.82) is 0 Å². The number of methoxy groups -OCH3 is 1. The number of hydrogen-bond donors (Lipinski definition) is 1. The first-order valence-corrected chi connectivity index (χ1v) is 7.12. The summed E-state index contributed by atoms with van der Waals surface area (Å²) in [7, 11) is 1.71. The molecule has 17 heavy (non-hydrogen) atoms. The highest BCUT2D eigenvalue weighted by Gasteiger charge is 2.16. The highest BCUT2D eigenvalue weighted by atomic mass is 79.9. The number of hydrogen-bond acceptors (Lipinski definition) is 2. The van der Waals surface area contributed by atoms with E-state index in [1.54, 1.807) is 7.11 Å². The minimum absolute atomic E-state index is 0.907. The molecule has 3 heteroatoms. The van der Waals surface area contributed by atoms with E-state index in [2.05, 4.69) is 27.3 Å². The van der Waals surface area contributed by atoms with Crippen molar-refractivity contribution < 1.29 is 4.74 Å². The number of benzene rings is 1. The van der Waals surface area contributed by atoms with E-state index in [9.17, 15) is 0 Å². The second-order valence-corrected chi connectivity index (χ2v) is 5.57. The predicted molar refractivity (Wildman–Crippen MR) is 74.4 cm³/mol. The third-order valence-electron chi connectivity index (χ3n) is 3.52. The summed E-state index contributed by atoms with van der Waals surface area (Å²) in [6, 6.07) is 6.10. The molecular weight excluding hydrogens is 278 g/mol. The van der Waals surface area contributed by atoms with Crippen molar-refractivity contribution in [2.45, 2.75) is 32.2 Å². The second kappa shape index (κ2) is 6.41. The summed E-state index contributed by atoms with van der Waals surface area (Å²) in [6.07, 6.45) is 5.63. The van der Waals surface area contributed by atoms with Gasteiger partial charge in [-0.3, -0.25) is 0 Å². The second-order valence-electron chi connectivity index (χ2n) is 4.72. The molecule has 1 saturated carbocycles. The summed E-state index contributed by atoms with van der Waals surface area (Å²) in [5.74, 6) is 1.90. The monoisotopic (exact) mass is 297 g/mol. The molecule has 0 heterocycles. The summed E-state index contributed by atoms with van der Waals surface area (Å²) in [5, 5.41) is 3.51. The van der Waals surface area contributed by atoms with Crippen LogP contribution < -0.4 is 10.1 Å². The Morgan fingerprint density at radius 3 is 2.88 bits per heavy atom. The fraction of sp³-hybridized carbons (Fsp3) is 0.571. The maximum absolute atomic E-state index is 5.23. The Balaban J connectivity index is 1.76. The zero-order valence-corrected chi connectivity index (χ0v) is 11.9. The molecule has 1 aliphatic carbocycles. The van der Waals surface area contributed by atoms with E-state index in [0.717, 1.165) is 29.2 Å². The molecule has 0 unspecified atom stereocenters. The van der Waals surface area contributed by atoms with E-state index in [-0.39, 0.29) is 0 Å². The highest BCUT2D eigenvalue weighted by Crippen LogP contribution is 2.28. The van der Waals surface area contributed by atoms with E-state index < -0.39 is 0 Å². The molecule has 0 spiro atoms. The SMILES string of the molecule is COc1ccc(Br)c(CNCCC2CCC2)c1. The van der Waals surface area contributed by atoms with Gasteiger partial charge in [0.05, 0.1) is 7.11 Å². The van der Waals surface area contributed by atoms with E-state index in [1.807, 2.05) is 12.1 Å². The van der Waals surface area contributed by atoms with Crippen molar-refractivity contribution in [2.75, 3.05) is 13.7 Å². The van der Waals surface area contributed by atoms with Gasteiger partial charge in [-0.1, -0.05) is 35.2 Å². The van der Waals surface area contributed by atoms with Gasteiger partial charge in [-0.25, -0.2) is 0 Å². The molecule has 0 aliphatic heterocycles. The maximum atomic E-state index is 5.23. The topological polar surface area (TPSA) is 21.3 Å². The standard InChI is InChI=1S/C14H20BrNO/c1-17-13-5-6-14(15)12(9-13)10-16-8-7-11-3-2-4-11/h5-6,9,11,16H,2-4,7-8,10H2,1H3. The first-order chi connectivity index (χ1) is 8.29. The van der Waals surface area contributed by atoms with Crippen molar-refractivity contribution >= 4 is 15.9 Å². The summed E-state index contributed by atoms with van der Waals surface area (Å²) in [5.41, 5.74) is 1.26. The Bertz CT molecular complexity index is 363. The van der Waals surface area contributed by atoms with E-state index >= 15 is 0 Å². The van der Waals surface area contributed by atoms with Gasteiger partial charge in [0, 0.05) is 11.0 Å². The van der Waals surface area contributed by atoms with E-state index in [4.69, 9.17) is 4.74 Å². The maximum Gasteiger partial charge on any atom is 0.119 e. The van der Waals surface area contributed by atoms with Crippen molar-refractivity contribution in [3.63, 3.8) is 0 Å². The van der Waals surface area contributed by atoms with Gasteiger partial charge in [-0.05, 0) is 42.6 Å². The minimum atomic E-state index is 0.907. The molecule has 0 bridgehead atoms. The Hall–Kier alpha value is -0.540. The first kappa shape index (κ1) is 12.9. The van der Waals surface area contributed by atoms with Crippen molar-refractivity contribution in [3.8, 4) is 5.75 Å². The zero-order chi connectivity index (χ0) is 12.1. The van der Waals surface area contributed by atoms with Gasteiger partial charge < -0.3 is 10.1 Å². The molecule has 0 amide bonds. The van der Waals surface area contributed by atoms with Crippen LogP contribution >= 0.6 is 15.9 Å². The Morgan fingerprint density at radius 2 is 2.24 bits per heavy atom. The molecule has 0 saturated heterocycles. The molecule has 0 radical (unpaired) electrons. The zero-order valence-electron chi connectivity index (χ0n) is 10.3.